The standard InChI is InChI=1S/C23H22N2O4/c1-23(2,3)18-9-7-15(8-10-18)21(26)25-24-14-19-11-12-20(29-19)16-5-4-6-17(13-16)22(27)28/h4-14H,1-3H3,(H,25,26)(H,27,28). The zero-order valence-electron chi connectivity index (χ0n) is 16.5. The Hall–Kier alpha value is -3.67. The number of nitrogens with one attached hydrogen (secondary N) is 1. The van der Waals surface area contributed by atoms with Gasteiger partial charge in [-0.3, -0.25) is 4.79 Å². The quantitative estimate of drug-likeness (QED) is 0.488. The van der Waals surface area contributed by atoms with Crippen LogP contribution in [0.4, 0.5) is 0 Å². The Balaban J connectivity index is 1.65. The maximum absolute atomic E-state index is 12.2. The molecule has 3 rings (SSSR count). The van der Waals surface area contributed by atoms with E-state index in [0.717, 1.165) is 5.56 Å². The number of nitrogens with zero attached hydrogens (tertiary/aromatic N) is 1. The molecule has 29 heavy (non-hydrogen) atoms. The van der Waals surface area contributed by atoms with Crippen molar-refractivity contribution in [1.82, 2.24) is 5.43 Å². The third kappa shape index (κ3) is 4.99. The van der Waals surface area contributed by atoms with Crippen LogP contribution in [0.25, 0.3) is 11.3 Å². The summed E-state index contributed by atoms with van der Waals surface area (Å²) in [6.07, 6.45) is 1.39. The van der Waals surface area contributed by atoms with Gasteiger partial charge in [0.25, 0.3) is 5.91 Å². The van der Waals surface area contributed by atoms with Gasteiger partial charge in [-0.15, -0.1) is 0 Å². The van der Waals surface area contributed by atoms with Gasteiger partial charge in [-0.1, -0.05) is 45.0 Å². The highest BCUT2D eigenvalue weighted by Crippen LogP contribution is 2.23. The van der Waals surface area contributed by atoms with Crippen molar-refractivity contribution >= 4 is 18.1 Å². The number of hydrogen-bond donors (Lipinski definition) is 2. The molecule has 0 atom stereocenters. The van der Waals surface area contributed by atoms with Gasteiger partial charge in [0.2, 0.25) is 0 Å². The number of carboxylic acid groups (broad SMARTS) is 1. The Morgan fingerprint density at radius 2 is 1.72 bits per heavy atom. The number of rotatable bonds is 5. The molecule has 0 unspecified atom stereocenters. The molecule has 2 aromatic carbocycles. The first kappa shape index (κ1) is 20.1. The summed E-state index contributed by atoms with van der Waals surface area (Å²) in [5.74, 6) is -0.371. The average Bonchev–Trinajstić information content (AvgIpc) is 3.16. The van der Waals surface area contributed by atoms with Gasteiger partial charge in [0.15, 0.2) is 0 Å². The van der Waals surface area contributed by atoms with E-state index in [9.17, 15) is 9.59 Å². The molecule has 0 aliphatic carbocycles. The van der Waals surface area contributed by atoms with Crippen molar-refractivity contribution in [1.29, 1.82) is 0 Å². The largest absolute Gasteiger partial charge is 0.478 e. The van der Waals surface area contributed by atoms with Crippen molar-refractivity contribution in [3.63, 3.8) is 0 Å². The van der Waals surface area contributed by atoms with E-state index in [1.165, 1.54) is 18.3 Å². The predicted molar refractivity (Wildman–Crippen MR) is 111 cm³/mol. The summed E-state index contributed by atoms with van der Waals surface area (Å²) in [5, 5.41) is 13.0. The molecular formula is C23H22N2O4. The van der Waals surface area contributed by atoms with E-state index in [0.29, 0.717) is 22.6 Å². The molecular weight excluding hydrogens is 368 g/mol. The van der Waals surface area contributed by atoms with Gasteiger partial charge in [-0.05, 0) is 47.4 Å². The first-order chi connectivity index (χ1) is 13.7. The SMILES string of the molecule is CC(C)(C)c1ccc(C(=O)NN=Cc2ccc(-c3cccc(C(=O)O)c3)o2)cc1. The second-order valence-corrected chi connectivity index (χ2v) is 7.61. The number of carbonyl (C=O) groups is 2. The average molecular weight is 390 g/mol. The maximum Gasteiger partial charge on any atom is 0.335 e. The Bertz CT molecular complexity index is 1060. The summed E-state index contributed by atoms with van der Waals surface area (Å²) in [7, 11) is 0. The minimum absolute atomic E-state index is 0.0220. The number of carboxylic acids is 1. The topological polar surface area (TPSA) is 91.9 Å². The number of aromatic carboxylic acids is 1. The summed E-state index contributed by atoms with van der Waals surface area (Å²) < 4.78 is 5.65. The molecule has 1 amide bonds. The van der Waals surface area contributed by atoms with Crippen molar-refractivity contribution in [2.24, 2.45) is 5.10 Å². The fourth-order valence-corrected chi connectivity index (χ4v) is 2.72. The molecule has 0 saturated heterocycles. The van der Waals surface area contributed by atoms with E-state index in [4.69, 9.17) is 9.52 Å². The van der Waals surface area contributed by atoms with Crippen molar-refractivity contribution in [3.05, 3.63) is 83.1 Å². The minimum atomic E-state index is -1.00. The number of benzene rings is 2. The van der Waals surface area contributed by atoms with E-state index < -0.39 is 5.97 Å². The minimum Gasteiger partial charge on any atom is -0.478 e. The van der Waals surface area contributed by atoms with E-state index in [1.54, 1.807) is 36.4 Å². The van der Waals surface area contributed by atoms with Crippen LogP contribution in [0.3, 0.4) is 0 Å². The Morgan fingerprint density at radius 1 is 1.00 bits per heavy atom. The predicted octanol–water partition coefficient (Wildman–Crippen LogP) is 4.71. The molecule has 0 aliphatic rings. The lowest BCUT2D eigenvalue weighted by atomic mass is 9.87. The van der Waals surface area contributed by atoms with Crippen LogP contribution in [-0.2, 0) is 5.41 Å². The van der Waals surface area contributed by atoms with E-state index in [1.807, 2.05) is 12.1 Å². The summed E-state index contributed by atoms with van der Waals surface area (Å²) >= 11 is 0. The maximum atomic E-state index is 12.2. The zero-order chi connectivity index (χ0) is 21.0. The molecule has 0 saturated carbocycles. The van der Waals surface area contributed by atoms with Crippen molar-refractivity contribution in [3.8, 4) is 11.3 Å². The van der Waals surface area contributed by atoms with Gasteiger partial charge in [0.05, 0.1) is 11.8 Å². The Labute approximate surface area is 168 Å². The normalized spacial score (nSPS) is 11.6. The van der Waals surface area contributed by atoms with Crippen LogP contribution < -0.4 is 5.43 Å². The van der Waals surface area contributed by atoms with Crippen LogP contribution in [0.5, 0.6) is 0 Å². The van der Waals surface area contributed by atoms with Crippen molar-refractivity contribution < 1.29 is 19.1 Å². The van der Waals surface area contributed by atoms with Crippen LogP contribution in [0.2, 0.25) is 0 Å². The summed E-state index contributed by atoms with van der Waals surface area (Å²) in [5.41, 5.74) is 4.98. The number of furan rings is 1. The lowest BCUT2D eigenvalue weighted by molar-refractivity contribution is 0.0696. The Kier molecular flexibility index (Phi) is 5.64. The summed E-state index contributed by atoms with van der Waals surface area (Å²) in [4.78, 5) is 23.3. The molecule has 2 N–H and O–H groups in total. The van der Waals surface area contributed by atoms with Gasteiger partial charge in [0, 0.05) is 11.1 Å². The lowest BCUT2D eigenvalue weighted by Crippen LogP contribution is -2.18. The van der Waals surface area contributed by atoms with Gasteiger partial charge in [-0.2, -0.15) is 5.10 Å². The highest BCUT2D eigenvalue weighted by Gasteiger charge is 2.14. The highest BCUT2D eigenvalue weighted by atomic mass is 16.4. The molecule has 0 radical (unpaired) electrons. The molecule has 3 aromatic rings. The molecule has 1 aromatic heterocycles. The second kappa shape index (κ2) is 8.14. The molecule has 0 bridgehead atoms. The van der Waals surface area contributed by atoms with Crippen LogP contribution in [0, 0.1) is 0 Å². The Morgan fingerprint density at radius 3 is 2.38 bits per heavy atom. The highest BCUT2D eigenvalue weighted by molar-refractivity contribution is 5.94. The zero-order valence-corrected chi connectivity index (χ0v) is 16.5. The molecule has 148 valence electrons. The van der Waals surface area contributed by atoms with Crippen LogP contribution >= 0.6 is 0 Å². The fraction of sp³-hybridized carbons (Fsp3) is 0.174. The first-order valence-corrected chi connectivity index (χ1v) is 9.11. The number of carbonyl (C=O) groups excluding carboxylic acids is 1. The number of hydrazone groups is 1. The fourth-order valence-electron chi connectivity index (χ4n) is 2.72. The van der Waals surface area contributed by atoms with Gasteiger partial charge < -0.3 is 9.52 Å². The monoisotopic (exact) mass is 390 g/mol. The van der Waals surface area contributed by atoms with E-state index in [-0.39, 0.29) is 16.9 Å². The molecule has 6 heteroatoms. The molecule has 0 fully saturated rings. The van der Waals surface area contributed by atoms with Crippen LogP contribution in [0.1, 0.15) is 52.8 Å². The number of hydrogen-bond acceptors (Lipinski definition) is 4. The molecule has 0 spiro atoms. The molecule has 1 heterocycles. The third-order valence-corrected chi connectivity index (χ3v) is 4.39. The van der Waals surface area contributed by atoms with Gasteiger partial charge in [-0.25, -0.2) is 10.2 Å². The van der Waals surface area contributed by atoms with Crippen LogP contribution in [-0.4, -0.2) is 23.2 Å². The van der Waals surface area contributed by atoms with Gasteiger partial charge in [0.1, 0.15) is 11.5 Å². The third-order valence-electron chi connectivity index (χ3n) is 4.39. The van der Waals surface area contributed by atoms with Crippen molar-refractivity contribution in [2.45, 2.75) is 26.2 Å². The van der Waals surface area contributed by atoms with E-state index in [2.05, 4.69) is 31.3 Å². The smallest absolute Gasteiger partial charge is 0.335 e. The van der Waals surface area contributed by atoms with Crippen LogP contribution in [0.15, 0.2) is 70.2 Å². The van der Waals surface area contributed by atoms with Gasteiger partial charge >= 0.3 is 5.97 Å². The summed E-state index contributed by atoms with van der Waals surface area (Å²) in [6, 6.07) is 17.3. The first-order valence-electron chi connectivity index (χ1n) is 9.11. The second-order valence-electron chi connectivity index (χ2n) is 7.61. The lowest BCUT2D eigenvalue weighted by Gasteiger charge is -2.18. The van der Waals surface area contributed by atoms with E-state index >= 15 is 0 Å². The molecule has 0 aliphatic heterocycles. The number of amides is 1. The molecule has 6 nitrogen and oxygen atoms in total. The summed E-state index contributed by atoms with van der Waals surface area (Å²) in [6.45, 7) is 6.34. The van der Waals surface area contributed by atoms with Crippen molar-refractivity contribution in [2.75, 3.05) is 0 Å².